The Morgan fingerprint density at radius 3 is 2.88 bits per heavy atom. The van der Waals surface area contributed by atoms with E-state index in [1.807, 2.05) is 11.6 Å². The van der Waals surface area contributed by atoms with E-state index in [2.05, 4.69) is 20.0 Å². The maximum atomic E-state index is 5.18. The molecule has 1 unspecified atom stereocenters. The summed E-state index contributed by atoms with van der Waals surface area (Å²) in [6, 6.07) is 0.711. The summed E-state index contributed by atoms with van der Waals surface area (Å²) in [6.07, 6.45) is 3.89. The SMILES string of the molecule is Cn1c(N2CCCN3CCCC3C2)n[nH]c1=S. The second kappa shape index (κ2) is 4.42. The van der Waals surface area contributed by atoms with Crippen LogP contribution in [-0.2, 0) is 7.05 Å². The van der Waals surface area contributed by atoms with Gasteiger partial charge in [-0.25, -0.2) is 5.10 Å². The van der Waals surface area contributed by atoms with E-state index in [9.17, 15) is 0 Å². The number of nitrogens with one attached hydrogen (secondary N) is 1. The number of fused-ring (bicyclic) bond motifs is 1. The van der Waals surface area contributed by atoms with Crippen LogP contribution < -0.4 is 4.90 Å². The van der Waals surface area contributed by atoms with Crippen LogP contribution in [0.4, 0.5) is 5.95 Å². The average molecular weight is 253 g/mol. The van der Waals surface area contributed by atoms with Crippen LogP contribution in [-0.4, -0.2) is 51.9 Å². The van der Waals surface area contributed by atoms with Gasteiger partial charge in [0.15, 0.2) is 4.77 Å². The molecule has 2 aliphatic rings. The third kappa shape index (κ3) is 1.99. The first-order valence-electron chi connectivity index (χ1n) is 6.36. The van der Waals surface area contributed by atoms with E-state index in [0.717, 1.165) is 19.0 Å². The second-order valence-electron chi connectivity index (χ2n) is 5.02. The highest BCUT2D eigenvalue weighted by atomic mass is 32.1. The van der Waals surface area contributed by atoms with Crippen molar-refractivity contribution in [1.29, 1.82) is 0 Å². The van der Waals surface area contributed by atoms with Crippen molar-refractivity contribution in [2.75, 3.05) is 31.1 Å². The van der Waals surface area contributed by atoms with Crippen LogP contribution in [0.1, 0.15) is 19.3 Å². The Bertz CT molecular complexity index is 451. The zero-order valence-corrected chi connectivity index (χ0v) is 11.0. The van der Waals surface area contributed by atoms with Crippen molar-refractivity contribution < 1.29 is 0 Å². The Labute approximate surface area is 106 Å². The molecule has 0 spiro atoms. The molecule has 1 atom stereocenters. The van der Waals surface area contributed by atoms with Crippen molar-refractivity contribution >= 4 is 18.2 Å². The quantitative estimate of drug-likeness (QED) is 0.762. The molecule has 6 heteroatoms. The Kier molecular flexibility index (Phi) is 2.92. The van der Waals surface area contributed by atoms with Crippen molar-refractivity contribution in [3.05, 3.63) is 4.77 Å². The second-order valence-corrected chi connectivity index (χ2v) is 5.41. The van der Waals surface area contributed by atoms with Gasteiger partial charge in [-0.1, -0.05) is 0 Å². The van der Waals surface area contributed by atoms with E-state index in [4.69, 9.17) is 12.2 Å². The van der Waals surface area contributed by atoms with Gasteiger partial charge in [0.05, 0.1) is 0 Å². The molecule has 5 nitrogen and oxygen atoms in total. The Balaban J connectivity index is 1.83. The molecule has 1 aromatic rings. The maximum absolute atomic E-state index is 5.18. The van der Waals surface area contributed by atoms with Gasteiger partial charge in [0.1, 0.15) is 0 Å². The topological polar surface area (TPSA) is 40.1 Å². The minimum atomic E-state index is 0.701. The molecule has 0 amide bonds. The van der Waals surface area contributed by atoms with Crippen LogP contribution in [0.3, 0.4) is 0 Å². The summed E-state index contributed by atoms with van der Waals surface area (Å²) >= 11 is 5.18. The Morgan fingerprint density at radius 1 is 1.29 bits per heavy atom. The minimum absolute atomic E-state index is 0.701. The monoisotopic (exact) mass is 253 g/mol. The van der Waals surface area contributed by atoms with Gasteiger partial charge in [0.2, 0.25) is 5.95 Å². The van der Waals surface area contributed by atoms with E-state index in [0.29, 0.717) is 10.8 Å². The molecule has 3 heterocycles. The summed E-state index contributed by atoms with van der Waals surface area (Å²) in [5.74, 6) is 0.990. The Morgan fingerprint density at radius 2 is 2.12 bits per heavy atom. The lowest BCUT2D eigenvalue weighted by Gasteiger charge is -2.25. The molecule has 2 fully saturated rings. The number of rotatable bonds is 1. The molecule has 1 aromatic heterocycles. The molecule has 2 aliphatic heterocycles. The number of anilines is 1. The lowest BCUT2D eigenvalue weighted by Crippen LogP contribution is -2.37. The zero-order valence-electron chi connectivity index (χ0n) is 10.2. The first-order valence-corrected chi connectivity index (χ1v) is 6.77. The lowest BCUT2D eigenvalue weighted by molar-refractivity contribution is 0.273. The number of nitrogens with zero attached hydrogens (tertiary/aromatic N) is 4. The number of hydrogen-bond donors (Lipinski definition) is 1. The van der Waals surface area contributed by atoms with E-state index in [1.165, 1.54) is 32.4 Å². The molecule has 2 saturated heterocycles. The molecule has 3 rings (SSSR count). The number of aromatic nitrogens is 3. The molecule has 94 valence electrons. The standard InChI is InChI=1S/C11H19N5S/c1-14-10(12-13-11(14)17)16-7-3-6-15-5-2-4-9(15)8-16/h9H,2-8H2,1H3,(H,13,17). The zero-order chi connectivity index (χ0) is 11.8. The van der Waals surface area contributed by atoms with Gasteiger partial charge in [-0.3, -0.25) is 9.47 Å². The predicted molar refractivity (Wildman–Crippen MR) is 69.8 cm³/mol. The van der Waals surface area contributed by atoms with Gasteiger partial charge < -0.3 is 4.90 Å². The largest absolute Gasteiger partial charge is 0.339 e. The summed E-state index contributed by atoms with van der Waals surface area (Å²) in [5.41, 5.74) is 0. The van der Waals surface area contributed by atoms with Crippen LogP contribution in [0.2, 0.25) is 0 Å². The van der Waals surface area contributed by atoms with Crippen LogP contribution in [0.25, 0.3) is 0 Å². The number of H-pyrrole nitrogens is 1. The molecular weight excluding hydrogens is 234 g/mol. The number of aromatic amines is 1. The van der Waals surface area contributed by atoms with Gasteiger partial charge in [-0.15, -0.1) is 5.10 Å². The molecule has 17 heavy (non-hydrogen) atoms. The lowest BCUT2D eigenvalue weighted by atomic mass is 10.2. The Hall–Kier alpha value is -0.880. The highest BCUT2D eigenvalue weighted by Crippen LogP contribution is 2.23. The molecule has 0 aliphatic carbocycles. The van der Waals surface area contributed by atoms with E-state index >= 15 is 0 Å². The van der Waals surface area contributed by atoms with Crippen molar-refractivity contribution in [3.63, 3.8) is 0 Å². The third-order valence-electron chi connectivity index (χ3n) is 3.94. The van der Waals surface area contributed by atoms with Crippen LogP contribution in [0, 0.1) is 4.77 Å². The molecule has 0 bridgehead atoms. The fraction of sp³-hybridized carbons (Fsp3) is 0.818. The summed E-state index contributed by atoms with van der Waals surface area (Å²) < 4.78 is 2.67. The first-order chi connectivity index (χ1) is 8.25. The van der Waals surface area contributed by atoms with E-state index in [1.54, 1.807) is 0 Å². The van der Waals surface area contributed by atoms with Crippen LogP contribution in [0.15, 0.2) is 0 Å². The van der Waals surface area contributed by atoms with Crippen molar-refractivity contribution in [2.24, 2.45) is 7.05 Å². The fourth-order valence-electron chi connectivity index (χ4n) is 3.01. The summed E-state index contributed by atoms with van der Waals surface area (Å²) in [5, 5.41) is 7.22. The third-order valence-corrected chi connectivity index (χ3v) is 4.31. The molecule has 0 aromatic carbocycles. The van der Waals surface area contributed by atoms with Crippen LogP contribution in [0.5, 0.6) is 0 Å². The van der Waals surface area contributed by atoms with Crippen molar-refractivity contribution in [3.8, 4) is 0 Å². The van der Waals surface area contributed by atoms with Gasteiger partial charge in [-0.05, 0) is 38.0 Å². The van der Waals surface area contributed by atoms with Gasteiger partial charge in [0, 0.05) is 32.7 Å². The van der Waals surface area contributed by atoms with E-state index in [-0.39, 0.29) is 0 Å². The van der Waals surface area contributed by atoms with Crippen LogP contribution >= 0.6 is 12.2 Å². The smallest absolute Gasteiger partial charge is 0.225 e. The predicted octanol–water partition coefficient (Wildman–Crippen LogP) is 1.15. The van der Waals surface area contributed by atoms with Gasteiger partial charge >= 0.3 is 0 Å². The molecular formula is C11H19N5S. The summed E-state index contributed by atoms with van der Waals surface area (Å²) in [7, 11) is 1.98. The molecule has 1 N–H and O–H groups in total. The normalized spacial score (nSPS) is 25.9. The highest BCUT2D eigenvalue weighted by molar-refractivity contribution is 7.71. The maximum Gasteiger partial charge on any atom is 0.225 e. The molecule has 0 radical (unpaired) electrons. The highest BCUT2D eigenvalue weighted by Gasteiger charge is 2.29. The summed E-state index contributed by atoms with van der Waals surface area (Å²) in [6.45, 7) is 4.68. The van der Waals surface area contributed by atoms with E-state index < -0.39 is 0 Å². The summed E-state index contributed by atoms with van der Waals surface area (Å²) in [4.78, 5) is 5.00. The minimum Gasteiger partial charge on any atom is -0.339 e. The average Bonchev–Trinajstić information content (AvgIpc) is 2.82. The molecule has 0 saturated carbocycles. The fourth-order valence-corrected chi connectivity index (χ4v) is 3.14. The van der Waals surface area contributed by atoms with Gasteiger partial charge in [-0.2, -0.15) is 0 Å². The van der Waals surface area contributed by atoms with Crippen molar-refractivity contribution in [2.45, 2.75) is 25.3 Å². The van der Waals surface area contributed by atoms with Gasteiger partial charge in [0.25, 0.3) is 0 Å². The first kappa shape index (κ1) is 11.2. The number of hydrogen-bond acceptors (Lipinski definition) is 4. The van der Waals surface area contributed by atoms with Crippen molar-refractivity contribution in [1.82, 2.24) is 19.7 Å².